The molecule has 4 heteroatoms. The molecule has 18 heavy (non-hydrogen) atoms. The number of nitrogens with one attached hydrogen (secondary N) is 1. The van der Waals surface area contributed by atoms with Crippen molar-refractivity contribution in [2.45, 2.75) is 26.4 Å². The average Bonchev–Trinajstić information content (AvgIpc) is 2.38. The molecule has 1 fully saturated rings. The van der Waals surface area contributed by atoms with Crippen LogP contribution in [0.4, 0.5) is 0 Å². The van der Waals surface area contributed by atoms with Crippen LogP contribution in [0, 0.1) is 5.92 Å². The molecule has 0 spiro atoms. The molecular weight excluding hydrogens is 226 g/mol. The minimum absolute atomic E-state index is 0.0914. The monoisotopic (exact) mass is 249 g/mol. The summed E-state index contributed by atoms with van der Waals surface area (Å²) in [5.74, 6) is 0.644. The second-order valence-corrected chi connectivity index (χ2v) is 5.28. The smallest absolute Gasteiger partial charge is 0.250 e. The Morgan fingerprint density at radius 3 is 2.94 bits per heavy atom. The fraction of sp³-hybridized carbons (Fsp3) is 0.643. The van der Waals surface area contributed by atoms with Crippen molar-refractivity contribution in [2.24, 2.45) is 5.92 Å². The summed E-state index contributed by atoms with van der Waals surface area (Å²) in [5.41, 5.74) is 0.0914. The number of hydrogen-bond acceptors (Lipinski definition) is 3. The van der Waals surface area contributed by atoms with E-state index in [0.29, 0.717) is 12.0 Å². The van der Waals surface area contributed by atoms with E-state index in [0.717, 1.165) is 32.7 Å². The van der Waals surface area contributed by atoms with Gasteiger partial charge in [-0.2, -0.15) is 0 Å². The summed E-state index contributed by atoms with van der Waals surface area (Å²) in [7, 11) is 0. The predicted octanol–water partition coefficient (Wildman–Crippen LogP) is 0.778. The number of pyridine rings is 1. The molecule has 1 aliphatic rings. The first-order valence-corrected chi connectivity index (χ1v) is 6.78. The largest absolute Gasteiger partial charge is 0.314 e. The molecule has 100 valence electrons. The molecule has 2 heterocycles. The zero-order valence-electron chi connectivity index (χ0n) is 11.3. The molecule has 4 nitrogen and oxygen atoms in total. The minimum atomic E-state index is 0.0914. The molecule has 0 aromatic carbocycles. The zero-order chi connectivity index (χ0) is 13.0. The Bertz CT molecular complexity index is 427. The van der Waals surface area contributed by atoms with Gasteiger partial charge in [0.15, 0.2) is 0 Å². The summed E-state index contributed by atoms with van der Waals surface area (Å²) in [6.45, 7) is 9.44. The maximum absolute atomic E-state index is 11.6. The third-order valence-electron chi connectivity index (χ3n) is 3.69. The SMILES string of the molecule is CC(C)C1CNCCN1CCn1ccccc1=O. The molecule has 1 aliphatic heterocycles. The molecular formula is C14H23N3O. The Hall–Kier alpha value is -1.13. The van der Waals surface area contributed by atoms with E-state index < -0.39 is 0 Å². The number of aromatic nitrogens is 1. The summed E-state index contributed by atoms with van der Waals surface area (Å²) in [4.78, 5) is 14.1. The van der Waals surface area contributed by atoms with Gasteiger partial charge in [-0.25, -0.2) is 0 Å². The zero-order valence-corrected chi connectivity index (χ0v) is 11.3. The molecule has 0 aliphatic carbocycles. The van der Waals surface area contributed by atoms with Crippen LogP contribution in [0.25, 0.3) is 0 Å². The fourth-order valence-corrected chi connectivity index (χ4v) is 2.58. The molecule has 0 amide bonds. The van der Waals surface area contributed by atoms with Gasteiger partial charge in [0.1, 0.15) is 0 Å². The van der Waals surface area contributed by atoms with Gasteiger partial charge in [-0.3, -0.25) is 9.69 Å². The van der Waals surface area contributed by atoms with Crippen molar-refractivity contribution in [2.75, 3.05) is 26.2 Å². The van der Waals surface area contributed by atoms with E-state index in [9.17, 15) is 4.79 Å². The van der Waals surface area contributed by atoms with Crippen LogP contribution < -0.4 is 10.9 Å². The Morgan fingerprint density at radius 1 is 1.39 bits per heavy atom. The van der Waals surface area contributed by atoms with Gasteiger partial charge >= 0.3 is 0 Å². The van der Waals surface area contributed by atoms with Crippen molar-refractivity contribution in [3.05, 3.63) is 34.7 Å². The quantitative estimate of drug-likeness (QED) is 0.857. The summed E-state index contributed by atoms with van der Waals surface area (Å²) in [5, 5.41) is 3.45. The molecule has 1 saturated heterocycles. The molecule has 1 aromatic rings. The van der Waals surface area contributed by atoms with Crippen molar-refractivity contribution >= 4 is 0 Å². The molecule has 1 unspecified atom stereocenters. The average molecular weight is 249 g/mol. The van der Waals surface area contributed by atoms with Gasteiger partial charge in [0.05, 0.1) is 0 Å². The summed E-state index contributed by atoms with van der Waals surface area (Å²) >= 11 is 0. The topological polar surface area (TPSA) is 37.3 Å². The lowest BCUT2D eigenvalue weighted by Crippen LogP contribution is -2.54. The van der Waals surface area contributed by atoms with E-state index in [1.807, 2.05) is 12.3 Å². The normalized spacial score (nSPS) is 21.4. The van der Waals surface area contributed by atoms with Gasteiger partial charge in [0.2, 0.25) is 0 Å². The summed E-state index contributed by atoms with van der Waals surface area (Å²) in [6.07, 6.45) is 1.87. The second kappa shape index (κ2) is 6.16. The minimum Gasteiger partial charge on any atom is -0.314 e. The Balaban J connectivity index is 1.96. The lowest BCUT2D eigenvalue weighted by molar-refractivity contribution is 0.120. The highest BCUT2D eigenvalue weighted by Crippen LogP contribution is 2.12. The maximum Gasteiger partial charge on any atom is 0.250 e. The van der Waals surface area contributed by atoms with Gasteiger partial charge < -0.3 is 9.88 Å². The van der Waals surface area contributed by atoms with Crippen molar-refractivity contribution in [1.29, 1.82) is 0 Å². The number of hydrogen-bond donors (Lipinski definition) is 1. The van der Waals surface area contributed by atoms with Crippen LogP contribution in [0.2, 0.25) is 0 Å². The highest BCUT2D eigenvalue weighted by atomic mass is 16.1. The molecule has 0 bridgehead atoms. The van der Waals surface area contributed by atoms with Crippen molar-refractivity contribution in [3.8, 4) is 0 Å². The van der Waals surface area contributed by atoms with Crippen LogP contribution >= 0.6 is 0 Å². The van der Waals surface area contributed by atoms with Crippen LogP contribution in [0.3, 0.4) is 0 Å². The van der Waals surface area contributed by atoms with Crippen LogP contribution in [-0.2, 0) is 6.54 Å². The Kier molecular flexibility index (Phi) is 4.55. The van der Waals surface area contributed by atoms with Gasteiger partial charge in [0.25, 0.3) is 5.56 Å². The van der Waals surface area contributed by atoms with Crippen LogP contribution in [0.5, 0.6) is 0 Å². The van der Waals surface area contributed by atoms with Gasteiger partial charge in [-0.05, 0) is 12.0 Å². The van der Waals surface area contributed by atoms with Gasteiger partial charge in [0, 0.05) is 51.0 Å². The highest BCUT2D eigenvalue weighted by Gasteiger charge is 2.24. The summed E-state index contributed by atoms with van der Waals surface area (Å²) < 4.78 is 1.79. The third kappa shape index (κ3) is 3.21. The van der Waals surface area contributed by atoms with Gasteiger partial charge in [-0.1, -0.05) is 19.9 Å². The molecule has 1 N–H and O–H groups in total. The molecule has 1 aromatic heterocycles. The van der Waals surface area contributed by atoms with Crippen molar-refractivity contribution < 1.29 is 0 Å². The van der Waals surface area contributed by atoms with E-state index in [1.54, 1.807) is 16.7 Å². The van der Waals surface area contributed by atoms with Crippen molar-refractivity contribution in [3.63, 3.8) is 0 Å². The number of rotatable bonds is 4. The van der Waals surface area contributed by atoms with Gasteiger partial charge in [-0.15, -0.1) is 0 Å². The molecule has 0 radical (unpaired) electrons. The highest BCUT2D eigenvalue weighted by molar-refractivity contribution is 4.93. The third-order valence-corrected chi connectivity index (χ3v) is 3.69. The van der Waals surface area contributed by atoms with E-state index >= 15 is 0 Å². The number of nitrogens with zero attached hydrogens (tertiary/aromatic N) is 2. The van der Waals surface area contributed by atoms with E-state index in [2.05, 4.69) is 24.1 Å². The lowest BCUT2D eigenvalue weighted by Gasteiger charge is -2.38. The first-order valence-electron chi connectivity index (χ1n) is 6.78. The standard InChI is InChI=1S/C14H23N3O/c1-12(2)13-11-15-6-8-16(13)9-10-17-7-4-3-5-14(17)18/h3-5,7,12-13,15H,6,8-11H2,1-2H3. The predicted molar refractivity (Wildman–Crippen MR) is 73.8 cm³/mol. The van der Waals surface area contributed by atoms with Crippen molar-refractivity contribution in [1.82, 2.24) is 14.8 Å². The lowest BCUT2D eigenvalue weighted by atomic mass is 10.0. The van der Waals surface area contributed by atoms with E-state index in [-0.39, 0.29) is 5.56 Å². The first kappa shape index (κ1) is 13.3. The Morgan fingerprint density at radius 2 is 2.22 bits per heavy atom. The first-order chi connectivity index (χ1) is 8.68. The van der Waals surface area contributed by atoms with E-state index in [1.165, 1.54) is 0 Å². The van der Waals surface area contributed by atoms with Crippen LogP contribution in [0.1, 0.15) is 13.8 Å². The summed E-state index contributed by atoms with van der Waals surface area (Å²) in [6, 6.07) is 5.91. The maximum atomic E-state index is 11.6. The molecule has 1 atom stereocenters. The molecule has 2 rings (SSSR count). The Labute approximate surface area is 109 Å². The van der Waals surface area contributed by atoms with Crippen LogP contribution in [0.15, 0.2) is 29.2 Å². The molecule has 0 saturated carbocycles. The van der Waals surface area contributed by atoms with E-state index in [4.69, 9.17) is 0 Å². The van der Waals surface area contributed by atoms with Crippen LogP contribution in [-0.4, -0.2) is 41.7 Å². The number of piperazine rings is 1. The fourth-order valence-electron chi connectivity index (χ4n) is 2.58. The second-order valence-electron chi connectivity index (χ2n) is 5.28.